The van der Waals surface area contributed by atoms with Gasteiger partial charge in [-0.25, -0.2) is 4.79 Å². The van der Waals surface area contributed by atoms with Crippen LogP contribution in [0.2, 0.25) is 0 Å². The van der Waals surface area contributed by atoms with Crippen LogP contribution in [0.25, 0.3) is 0 Å². The van der Waals surface area contributed by atoms with Crippen LogP contribution in [0.5, 0.6) is 0 Å². The summed E-state index contributed by atoms with van der Waals surface area (Å²) in [5.74, 6) is 0.465. The fraction of sp³-hybridized carbons (Fsp3) is 0.667. The second-order valence-electron chi connectivity index (χ2n) is 5.95. The SMILES string of the molecule is CC(C)C(C)NC(=O)N1CCN(Cc2ccc(Br)s2)CC1. The van der Waals surface area contributed by atoms with Crippen LogP contribution < -0.4 is 5.32 Å². The number of hydrogen-bond donors (Lipinski definition) is 1. The molecule has 1 fully saturated rings. The van der Waals surface area contributed by atoms with E-state index in [1.807, 2.05) is 4.90 Å². The smallest absolute Gasteiger partial charge is 0.317 e. The number of urea groups is 1. The zero-order valence-electron chi connectivity index (χ0n) is 12.9. The Labute approximate surface area is 139 Å². The van der Waals surface area contributed by atoms with Crippen LogP contribution in [0.3, 0.4) is 0 Å². The van der Waals surface area contributed by atoms with Gasteiger partial charge in [-0.2, -0.15) is 0 Å². The molecule has 0 aromatic carbocycles. The van der Waals surface area contributed by atoms with Crippen molar-refractivity contribution in [3.05, 3.63) is 20.8 Å². The molecular formula is C15H24BrN3OS. The molecule has 4 nitrogen and oxygen atoms in total. The van der Waals surface area contributed by atoms with Crippen LogP contribution in [0, 0.1) is 5.92 Å². The lowest BCUT2D eigenvalue weighted by atomic mass is 10.1. The number of nitrogens with zero attached hydrogens (tertiary/aromatic N) is 2. The summed E-state index contributed by atoms with van der Waals surface area (Å²) in [6, 6.07) is 4.56. The summed E-state index contributed by atoms with van der Waals surface area (Å²) >= 11 is 5.28. The number of hydrogen-bond acceptors (Lipinski definition) is 3. The largest absolute Gasteiger partial charge is 0.335 e. The highest BCUT2D eigenvalue weighted by molar-refractivity contribution is 9.11. The van der Waals surface area contributed by atoms with Gasteiger partial charge in [0.15, 0.2) is 0 Å². The number of halogens is 1. The zero-order valence-corrected chi connectivity index (χ0v) is 15.3. The van der Waals surface area contributed by atoms with E-state index in [0.29, 0.717) is 5.92 Å². The minimum atomic E-state index is 0.0784. The molecule has 0 radical (unpaired) electrons. The molecule has 1 aliphatic rings. The number of thiophene rings is 1. The van der Waals surface area contributed by atoms with Crippen molar-refractivity contribution < 1.29 is 4.79 Å². The topological polar surface area (TPSA) is 35.6 Å². The summed E-state index contributed by atoms with van der Waals surface area (Å²) in [6.45, 7) is 10.8. The van der Waals surface area contributed by atoms with Gasteiger partial charge in [0.25, 0.3) is 0 Å². The molecule has 1 aromatic rings. The molecule has 0 aliphatic carbocycles. The fourth-order valence-electron chi connectivity index (χ4n) is 2.22. The van der Waals surface area contributed by atoms with Crippen molar-refractivity contribution in [3.8, 4) is 0 Å². The average molecular weight is 374 g/mol. The average Bonchev–Trinajstić information content (AvgIpc) is 2.84. The van der Waals surface area contributed by atoms with Crippen molar-refractivity contribution in [1.29, 1.82) is 0 Å². The first-order chi connectivity index (χ1) is 9.95. The summed E-state index contributed by atoms with van der Waals surface area (Å²) in [4.78, 5) is 17.9. The summed E-state index contributed by atoms with van der Waals surface area (Å²) < 4.78 is 1.18. The highest BCUT2D eigenvalue weighted by Crippen LogP contribution is 2.23. The molecule has 1 atom stereocenters. The molecule has 1 unspecified atom stereocenters. The Kier molecular flexibility index (Phi) is 6.08. The Morgan fingerprint density at radius 1 is 1.29 bits per heavy atom. The van der Waals surface area contributed by atoms with Crippen molar-refractivity contribution in [2.45, 2.75) is 33.4 Å². The second-order valence-corrected chi connectivity index (χ2v) is 8.50. The third-order valence-corrected chi connectivity index (χ3v) is 5.63. The fourth-order valence-corrected chi connectivity index (χ4v) is 3.74. The standard InChI is InChI=1S/C15H24BrN3OS/c1-11(2)12(3)17-15(20)19-8-6-18(7-9-19)10-13-4-5-14(16)21-13/h4-5,11-12H,6-10H2,1-3H3,(H,17,20). The van der Waals surface area contributed by atoms with Crippen molar-refractivity contribution in [2.24, 2.45) is 5.92 Å². The van der Waals surface area contributed by atoms with Crippen molar-refractivity contribution in [3.63, 3.8) is 0 Å². The zero-order chi connectivity index (χ0) is 15.4. The lowest BCUT2D eigenvalue weighted by molar-refractivity contribution is 0.133. The van der Waals surface area contributed by atoms with E-state index in [-0.39, 0.29) is 12.1 Å². The van der Waals surface area contributed by atoms with Crippen molar-refractivity contribution >= 4 is 33.3 Å². The number of nitrogens with one attached hydrogen (secondary N) is 1. The molecule has 6 heteroatoms. The number of carbonyl (C=O) groups excluding carboxylic acids is 1. The minimum absolute atomic E-state index is 0.0784. The van der Waals surface area contributed by atoms with Crippen LogP contribution in [0.15, 0.2) is 15.9 Å². The maximum absolute atomic E-state index is 12.2. The summed E-state index contributed by atoms with van der Waals surface area (Å²) in [5.41, 5.74) is 0. The molecule has 1 saturated heterocycles. The van der Waals surface area contributed by atoms with Gasteiger partial charge in [0.1, 0.15) is 0 Å². The number of rotatable bonds is 4. The molecular weight excluding hydrogens is 350 g/mol. The van der Waals surface area contributed by atoms with E-state index in [1.165, 1.54) is 8.66 Å². The van der Waals surface area contributed by atoms with Gasteiger partial charge in [-0.05, 0) is 40.9 Å². The van der Waals surface area contributed by atoms with Crippen LogP contribution in [0.1, 0.15) is 25.6 Å². The maximum atomic E-state index is 12.2. The Hall–Kier alpha value is -0.590. The van der Waals surface area contributed by atoms with E-state index < -0.39 is 0 Å². The Morgan fingerprint density at radius 2 is 1.95 bits per heavy atom. The predicted molar refractivity (Wildman–Crippen MR) is 91.7 cm³/mol. The van der Waals surface area contributed by atoms with E-state index in [4.69, 9.17) is 0 Å². The van der Waals surface area contributed by atoms with Crippen molar-refractivity contribution in [1.82, 2.24) is 15.1 Å². The third-order valence-electron chi connectivity index (χ3n) is 4.02. The number of piperazine rings is 1. The summed E-state index contributed by atoms with van der Waals surface area (Å²) in [7, 11) is 0. The van der Waals surface area contributed by atoms with Crippen LogP contribution in [0.4, 0.5) is 4.79 Å². The first-order valence-corrected chi connectivity index (χ1v) is 9.08. The van der Waals surface area contributed by atoms with Gasteiger partial charge in [0.2, 0.25) is 0 Å². The Morgan fingerprint density at radius 3 is 2.48 bits per heavy atom. The molecule has 1 aliphatic heterocycles. The molecule has 1 aromatic heterocycles. The molecule has 21 heavy (non-hydrogen) atoms. The molecule has 118 valence electrons. The number of carbonyl (C=O) groups is 1. The summed E-state index contributed by atoms with van der Waals surface area (Å²) in [5, 5.41) is 3.08. The summed E-state index contributed by atoms with van der Waals surface area (Å²) in [6.07, 6.45) is 0. The Bertz CT molecular complexity index is 469. The predicted octanol–water partition coefficient (Wildman–Crippen LogP) is 3.38. The van der Waals surface area contributed by atoms with Gasteiger partial charge in [0.05, 0.1) is 3.79 Å². The van der Waals surface area contributed by atoms with Gasteiger partial charge in [0, 0.05) is 43.6 Å². The van der Waals surface area contributed by atoms with E-state index in [2.05, 4.69) is 59.1 Å². The van der Waals surface area contributed by atoms with Crippen LogP contribution in [-0.4, -0.2) is 48.1 Å². The van der Waals surface area contributed by atoms with Crippen molar-refractivity contribution in [2.75, 3.05) is 26.2 Å². The van der Waals surface area contributed by atoms with E-state index in [0.717, 1.165) is 32.7 Å². The quantitative estimate of drug-likeness (QED) is 0.877. The van der Waals surface area contributed by atoms with Gasteiger partial charge in [-0.3, -0.25) is 4.90 Å². The second kappa shape index (κ2) is 7.61. The number of amides is 2. The first kappa shape index (κ1) is 16.8. The highest BCUT2D eigenvalue weighted by Gasteiger charge is 2.22. The van der Waals surface area contributed by atoms with Gasteiger partial charge in [-0.15, -0.1) is 11.3 Å². The van der Waals surface area contributed by atoms with Gasteiger partial charge in [-0.1, -0.05) is 13.8 Å². The molecule has 2 amide bonds. The van der Waals surface area contributed by atoms with E-state index >= 15 is 0 Å². The van der Waals surface area contributed by atoms with Crippen LogP contribution >= 0.6 is 27.3 Å². The highest BCUT2D eigenvalue weighted by atomic mass is 79.9. The van der Waals surface area contributed by atoms with Gasteiger partial charge >= 0.3 is 6.03 Å². The lowest BCUT2D eigenvalue weighted by Crippen LogP contribution is -2.53. The minimum Gasteiger partial charge on any atom is -0.335 e. The molecule has 0 saturated carbocycles. The van der Waals surface area contributed by atoms with E-state index in [9.17, 15) is 4.79 Å². The lowest BCUT2D eigenvalue weighted by Gasteiger charge is -2.35. The monoisotopic (exact) mass is 373 g/mol. The molecule has 2 heterocycles. The molecule has 0 spiro atoms. The first-order valence-electron chi connectivity index (χ1n) is 7.47. The molecule has 2 rings (SSSR count). The van der Waals surface area contributed by atoms with Gasteiger partial charge < -0.3 is 10.2 Å². The normalized spacial score (nSPS) is 18.0. The van der Waals surface area contributed by atoms with E-state index in [1.54, 1.807) is 11.3 Å². The molecule has 0 bridgehead atoms. The maximum Gasteiger partial charge on any atom is 0.317 e. The third kappa shape index (κ3) is 4.97. The van der Waals surface area contributed by atoms with Crippen LogP contribution in [-0.2, 0) is 6.54 Å². The Balaban J connectivity index is 1.76. The molecule has 1 N–H and O–H groups in total.